The normalized spacial score (nSPS) is 40.2. The standard InChI is InChI=1S/C20H32N4O7/c1-11(25)24-9-13-8-23(3-4-30-13)20(29)14-5-12(7-22(14)2)21-17(26)6-15-18(27)19(28)16(10-24)31-15/h12-16,18-19,27-28H,3-10H2,1-2H3,(H,21,26)/t12-,13-,14-,15-,16+,18-,19+/m0/s1. The quantitative estimate of drug-likeness (QED) is 0.367. The molecule has 11 nitrogen and oxygen atoms in total. The molecule has 3 amide bonds. The summed E-state index contributed by atoms with van der Waals surface area (Å²) < 4.78 is 11.6. The average molecular weight is 440 g/mol. The van der Waals surface area contributed by atoms with Crippen LogP contribution in [0.4, 0.5) is 0 Å². The Kier molecular flexibility index (Phi) is 6.50. The van der Waals surface area contributed by atoms with Crippen LogP contribution in [0.3, 0.4) is 0 Å². The fraction of sp³-hybridized carbons (Fsp3) is 0.850. The SMILES string of the molecule is CC(=O)N1C[C@@H]2CN(CCO2)C(=O)[C@@H]2C[C@@H](CN2C)NC(=O)C[C@@H]2O[C@H](C1)[C@@H](O)[C@H]2O. The largest absolute Gasteiger partial charge is 0.388 e. The van der Waals surface area contributed by atoms with Crippen LogP contribution in [0.15, 0.2) is 0 Å². The molecule has 4 aliphatic rings. The molecule has 174 valence electrons. The Morgan fingerprint density at radius 2 is 1.84 bits per heavy atom. The van der Waals surface area contributed by atoms with Crippen molar-refractivity contribution in [1.82, 2.24) is 20.0 Å². The van der Waals surface area contributed by atoms with Crippen LogP contribution in [0.2, 0.25) is 0 Å². The first-order chi connectivity index (χ1) is 14.7. The van der Waals surface area contributed by atoms with Gasteiger partial charge in [0.25, 0.3) is 0 Å². The Bertz CT molecular complexity index is 722. The summed E-state index contributed by atoms with van der Waals surface area (Å²) in [6.45, 7) is 3.50. The summed E-state index contributed by atoms with van der Waals surface area (Å²) in [5, 5.41) is 23.8. The molecule has 0 aromatic heterocycles. The first-order valence-corrected chi connectivity index (χ1v) is 10.9. The molecule has 11 heteroatoms. The van der Waals surface area contributed by atoms with Gasteiger partial charge in [0.15, 0.2) is 0 Å². The number of hydrogen-bond donors (Lipinski definition) is 3. The number of likely N-dealkylation sites (tertiary alicyclic amines) is 1. The van der Waals surface area contributed by atoms with Crippen molar-refractivity contribution in [3.8, 4) is 0 Å². The van der Waals surface area contributed by atoms with E-state index < -0.39 is 24.4 Å². The van der Waals surface area contributed by atoms with Gasteiger partial charge in [-0.3, -0.25) is 19.3 Å². The molecular formula is C20H32N4O7. The number of carbonyl (C=O) groups excluding carboxylic acids is 3. The maximum absolute atomic E-state index is 13.2. The third-order valence-electron chi connectivity index (χ3n) is 6.77. The van der Waals surface area contributed by atoms with Gasteiger partial charge in [-0.25, -0.2) is 0 Å². The lowest BCUT2D eigenvalue weighted by Crippen LogP contribution is -2.55. The van der Waals surface area contributed by atoms with E-state index in [9.17, 15) is 24.6 Å². The van der Waals surface area contributed by atoms with Crippen molar-refractivity contribution >= 4 is 17.7 Å². The molecule has 4 saturated heterocycles. The number of nitrogens with zero attached hydrogens (tertiary/aromatic N) is 3. The first-order valence-electron chi connectivity index (χ1n) is 10.9. The highest BCUT2D eigenvalue weighted by Gasteiger charge is 2.45. The fourth-order valence-corrected chi connectivity index (χ4v) is 5.04. The third-order valence-corrected chi connectivity index (χ3v) is 6.77. The number of aliphatic hydroxyl groups excluding tert-OH is 2. The predicted octanol–water partition coefficient (Wildman–Crippen LogP) is -2.86. The zero-order valence-corrected chi connectivity index (χ0v) is 18.0. The molecule has 0 aromatic rings. The highest BCUT2D eigenvalue weighted by Crippen LogP contribution is 2.26. The summed E-state index contributed by atoms with van der Waals surface area (Å²) in [6.07, 6.45) is -4.05. The van der Waals surface area contributed by atoms with E-state index >= 15 is 0 Å². The van der Waals surface area contributed by atoms with Crippen molar-refractivity contribution in [1.29, 1.82) is 0 Å². The zero-order valence-electron chi connectivity index (χ0n) is 18.0. The van der Waals surface area contributed by atoms with Gasteiger partial charge in [0.05, 0.1) is 31.3 Å². The monoisotopic (exact) mass is 440 g/mol. The number of carbonyl (C=O) groups is 3. The maximum atomic E-state index is 13.2. The Morgan fingerprint density at radius 1 is 1.10 bits per heavy atom. The van der Waals surface area contributed by atoms with E-state index in [-0.39, 0.29) is 55.4 Å². The number of fused-ring (bicyclic) bond motifs is 6. The van der Waals surface area contributed by atoms with Gasteiger partial charge in [0, 0.05) is 45.7 Å². The van der Waals surface area contributed by atoms with Gasteiger partial charge in [0.1, 0.15) is 18.3 Å². The van der Waals surface area contributed by atoms with Crippen molar-refractivity contribution < 1.29 is 34.1 Å². The summed E-state index contributed by atoms with van der Waals surface area (Å²) in [6, 6.07) is -0.510. The number of rotatable bonds is 0. The summed E-state index contributed by atoms with van der Waals surface area (Å²) >= 11 is 0. The van der Waals surface area contributed by atoms with Crippen LogP contribution in [0.25, 0.3) is 0 Å². The second-order valence-corrected chi connectivity index (χ2v) is 9.05. The van der Waals surface area contributed by atoms with Gasteiger partial charge in [-0.1, -0.05) is 0 Å². The van der Waals surface area contributed by atoms with Crippen LogP contribution in [0.5, 0.6) is 0 Å². The number of ether oxygens (including phenoxy) is 2. The maximum Gasteiger partial charge on any atom is 0.240 e. The van der Waals surface area contributed by atoms with Gasteiger partial charge < -0.3 is 34.8 Å². The first kappa shape index (κ1) is 22.4. The Labute approximate surface area is 181 Å². The van der Waals surface area contributed by atoms with Crippen molar-refractivity contribution in [2.24, 2.45) is 0 Å². The lowest BCUT2D eigenvalue weighted by molar-refractivity contribution is -0.146. The molecule has 0 radical (unpaired) electrons. The predicted molar refractivity (Wildman–Crippen MR) is 107 cm³/mol. The van der Waals surface area contributed by atoms with E-state index in [0.29, 0.717) is 32.7 Å². The summed E-state index contributed by atoms with van der Waals surface area (Å²) in [7, 11) is 1.86. The van der Waals surface area contributed by atoms with Crippen molar-refractivity contribution in [2.75, 3.05) is 46.4 Å². The lowest BCUT2D eigenvalue weighted by Gasteiger charge is -2.38. The molecule has 4 heterocycles. The number of likely N-dealkylation sites (N-methyl/N-ethyl adjacent to an activating group) is 1. The molecule has 4 fully saturated rings. The van der Waals surface area contributed by atoms with Crippen LogP contribution >= 0.6 is 0 Å². The number of morpholine rings is 1. The van der Waals surface area contributed by atoms with Crippen molar-refractivity contribution in [3.05, 3.63) is 0 Å². The van der Waals surface area contributed by atoms with E-state index in [1.54, 1.807) is 4.90 Å². The minimum Gasteiger partial charge on any atom is -0.388 e. The molecular weight excluding hydrogens is 408 g/mol. The number of amides is 3. The molecule has 0 spiro atoms. The van der Waals surface area contributed by atoms with Gasteiger partial charge in [-0.05, 0) is 13.5 Å². The molecule has 4 rings (SSSR count). The molecule has 3 N–H and O–H groups in total. The van der Waals surface area contributed by atoms with E-state index in [0.717, 1.165) is 0 Å². The van der Waals surface area contributed by atoms with E-state index in [1.165, 1.54) is 11.8 Å². The van der Waals surface area contributed by atoms with Crippen LogP contribution in [-0.4, -0.2) is 132 Å². The van der Waals surface area contributed by atoms with Crippen molar-refractivity contribution in [3.63, 3.8) is 0 Å². The lowest BCUT2D eigenvalue weighted by atomic mass is 10.0. The van der Waals surface area contributed by atoms with E-state index in [4.69, 9.17) is 9.47 Å². The average Bonchev–Trinajstić information content (AvgIpc) is 3.20. The summed E-state index contributed by atoms with van der Waals surface area (Å²) in [4.78, 5) is 43.2. The topological polar surface area (TPSA) is 132 Å². The van der Waals surface area contributed by atoms with Crippen LogP contribution in [0.1, 0.15) is 19.8 Å². The fourth-order valence-electron chi connectivity index (χ4n) is 5.04. The number of nitrogens with one attached hydrogen (secondary N) is 1. The van der Waals surface area contributed by atoms with Gasteiger partial charge in [-0.15, -0.1) is 0 Å². The molecule has 0 aromatic carbocycles. The molecule has 6 bridgehead atoms. The molecule has 7 atom stereocenters. The van der Waals surface area contributed by atoms with Crippen LogP contribution in [-0.2, 0) is 23.9 Å². The molecule has 0 saturated carbocycles. The molecule has 0 aliphatic carbocycles. The second-order valence-electron chi connectivity index (χ2n) is 9.05. The number of aliphatic hydroxyl groups is 2. The Hall–Kier alpha value is -1.79. The minimum atomic E-state index is -1.22. The van der Waals surface area contributed by atoms with Gasteiger partial charge in [0.2, 0.25) is 17.7 Å². The summed E-state index contributed by atoms with van der Waals surface area (Å²) in [5.41, 5.74) is 0. The minimum absolute atomic E-state index is 0.00302. The van der Waals surface area contributed by atoms with Crippen molar-refractivity contribution in [2.45, 2.75) is 62.4 Å². The van der Waals surface area contributed by atoms with Gasteiger partial charge >= 0.3 is 0 Å². The molecule has 0 unspecified atom stereocenters. The Balaban J connectivity index is 1.57. The van der Waals surface area contributed by atoms with Gasteiger partial charge in [-0.2, -0.15) is 0 Å². The third kappa shape index (κ3) is 4.70. The Morgan fingerprint density at radius 3 is 2.58 bits per heavy atom. The van der Waals surface area contributed by atoms with E-state index in [1.807, 2.05) is 11.9 Å². The second kappa shape index (κ2) is 8.99. The zero-order chi connectivity index (χ0) is 22.3. The summed E-state index contributed by atoms with van der Waals surface area (Å²) in [5.74, 6) is -0.522. The molecule has 4 aliphatic heterocycles. The smallest absolute Gasteiger partial charge is 0.240 e. The number of hydrogen-bond acceptors (Lipinski definition) is 8. The highest BCUT2D eigenvalue weighted by atomic mass is 16.5. The highest BCUT2D eigenvalue weighted by molar-refractivity contribution is 5.83. The van der Waals surface area contributed by atoms with Crippen LogP contribution in [0, 0.1) is 0 Å². The molecule has 31 heavy (non-hydrogen) atoms. The van der Waals surface area contributed by atoms with E-state index in [2.05, 4.69) is 5.32 Å². The van der Waals surface area contributed by atoms with Crippen LogP contribution < -0.4 is 5.32 Å².